The topological polar surface area (TPSA) is 79.0 Å². The first-order valence-corrected chi connectivity index (χ1v) is 7.80. The highest BCUT2D eigenvalue weighted by Gasteiger charge is 2.14. The van der Waals surface area contributed by atoms with Gasteiger partial charge in [0, 0.05) is 25.7 Å². The summed E-state index contributed by atoms with van der Waals surface area (Å²) < 4.78 is 4.90. The fourth-order valence-electron chi connectivity index (χ4n) is 1.95. The van der Waals surface area contributed by atoms with Crippen LogP contribution in [0.25, 0.3) is 0 Å². The van der Waals surface area contributed by atoms with Gasteiger partial charge in [-0.15, -0.1) is 0 Å². The molecular weight excluding hydrogens is 310 g/mol. The van der Waals surface area contributed by atoms with Crippen LogP contribution in [0.1, 0.15) is 24.2 Å². The molecule has 132 valence electrons. The van der Waals surface area contributed by atoms with E-state index in [0.29, 0.717) is 30.9 Å². The van der Waals surface area contributed by atoms with Gasteiger partial charge in [-0.05, 0) is 45.3 Å². The van der Waals surface area contributed by atoms with Crippen molar-refractivity contribution in [2.45, 2.75) is 13.8 Å². The lowest BCUT2D eigenvalue weighted by atomic mass is 10.2. The van der Waals surface area contributed by atoms with Crippen molar-refractivity contribution in [2.24, 2.45) is 0 Å². The lowest BCUT2D eigenvalue weighted by Gasteiger charge is -2.22. The maximum absolute atomic E-state index is 12.1. The van der Waals surface area contributed by atoms with Gasteiger partial charge in [0.25, 0.3) is 0 Å². The minimum absolute atomic E-state index is 0.0111. The Labute approximate surface area is 142 Å². The van der Waals surface area contributed by atoms with Crippen molar-refractivity contribution in [2.75, 3.05) is 45.7 Å². The Hall–Kier alpha value is -2.41. The number of hydrogen-bond donors (Lipinski definition) is 1. The van der Waals surface area contributed by atoms with Crippen LogP contribution < -0.4 is 5.32 Å². The molecule has 0 saturated heterocycles. The molecule has 1 rings (SSSR count). The molecule has 0 aliphatic carbocycles. The molecule has 0 aromatic heterocycles. The van der Waals surface area contributed by atoms with Crippen molar-refractivity contribution in [3.05, 3.63) is 29.8 Å². The SMILES string of the molecule is CCOC(=O)c1ccc(NC(=O)CN(CCN(C)C)C(C)=O)cc1. The number of esters is 1. The van der Waals surface area contributed by atoms with Gasteiger partial charge in [-0.2, -0.15) is 0 Å². The molecule has 0 aliphatic heterocycles. The number of nitrogens with one attached hydrogen (secondary N) is 1. The molecule has 0 unspecified atom stereocenters. The quantitative estimate of drug-likeness (QED) is 0.723. The zero-order chi connectivity index (χ0) is 18.1. The summed E-state index contributed by atoms with van der Waals surface area (Å²) in [5.41, 5.74) is 0.982. The van der Waals surface area contributed by atoms with Crippen molar-refractivity contribution >= 4 is 23.5 Å². The lowest BCUT2D eigenvalue weighted by molar-refractivity contribution is -0.132. The van der Waals surface area contributed by atoms with Gasteiger partial charge in [0.05, 0.1) is 18.7 Å². The zero-order valence-corrected chi connectivity index (χ0v) is 14.7. The number of anilines is 1. The Bertz CT molecular complexity index is 570. The number of nitrogens with zero attached hydrogens (tertiary/aromatic N) is 2. The maximum Gasteiger partial charge on any atom is 0.338 e. The predicted molar refractivity (Wildman–Crippen MR) is 91.8 cm³/mol. The Morgan fingerprint density at radius 1 is 1.08 bits per heavy atom. The highest BCUT2D eigenvalue weighted by Crippen LogP contribution is 2.10. The van der Waals surface area contributed by atoms with E-state index in [0.717, 1.165) is 0 Å². The second-order valence-corrected chi connectivity index (χ2v) is 5.59. The molecule has 1 aromatic carbocycles. The van der Waals surface area contributed by atoms with Crippen molar-refractivity contribution in [3.63, 3.8) is 0 Å². The first-order valence-electron chi connectivity index (χ1n) is 7.80. The Morgan fingerprint density at radius 3 is 2.21 bits per heavy atom. The van der Waals surface area contributed by atoms with E-state index in [-0.39, 0.29) is 18.4 Å². The first-order chi connectivity index (χ1) is 11.3. The van der Waals surface area contributed by atoms with Gasteiger partial charge in [-0.3, -0.25) is 9.59 Å². The first kappa shape index (κ1) is 19.6. The average Bonchev–Trinajstić information content (AvgIpc) is 2.51. The molecule has 7 heteroatoms. The van der Waals surface area contributed by atoms with Crippen molar-refractivity contribution in [1.29, 1.82) is 0 Å². The summed E-state index contributed by atoms with van der Waals surface area (Å²) in [7, 11) is 3.81. The Kier molecular flexibility index (Phi) is 7.91. The van der Waals surface area contributed by atoms with Crippen LogP contribution in [0.4, 0.5) is 5.69 Å². The van der Waals surface area contributed by atoms with E-state index >= 15 is 0 Å². The molecule has 7 nitrogen and oxygen atoms in total. The normalized spacial score (nSPS) is 10.4. The molecule has 0 aliphatic rings. The minimum Gasteiger partial charge on any atom is -0.462 e. The van der Waals surface area contributed by atoms with E-state index in [9.17, 15) is 14.4 Å². The molecule has 0 heterocycles. The van der Waals surface area contributed by atoms with E-state index in [1.54, 1.807) is 31.2 Å². The maximum atomic E-state index is 12.1. The van der Waals surface area contributed by atoms with Crippen LogP contribution in [0.3, 0.4) is 0 Å². The molecular formula is C17H25N3O4. The molecule has 1 aromatic rings. The third-order valence-corrected chi connectivity index (χ3v) is 3.28. The fraction of sp³-hybridized carbons (Fsp3) is 0.471. The summed E-state index contributed by atoms with van der Waals surface area (Å²) in [6, 6.07) is 6.43. The number of carbonyl (C=O) groups is 3. The van der Waals surface area contributed by atoms with E-state index in [2.05, 4.69) is 5.32 Å². The molecule has 1 N–H and O–H groups in total. The van der Waals surface area contributed by atoms with Crippen molar-refractivity contribution in [3.8, 4) is 0 Å². The van der Waals surface area contributed by atoms with Gasteiger partial charge in [0.15, 0.2) is 0 Å². The highest BCUT2D eigenvalue weighted by atomic mass is 16.5. The number of rotatable bonds is 8. The van der Waals surface area contributed by atoms with E-state index in [1.807, 2.05) is 19.0 Å². The zero-order valence-electron chi connectivity index (χ0n) is 14.7. The lowest BCUT2D eigenvalue weighted by Crippen LogP contribution is -2.40. The van der Waals surface area contributed by atoms with Crippen LogP contribution in [0, 0.1) is 0 Å². The second-order valence-electron chi connectivity index (χ2n) is 5.59. The van der Waals surface area contributed by atoms with Gasteiger partial charge in [-0.1, -0.05) is 0 Å². The third kappa shape index (κ3) is 6.78. The standard InChI is InChI=1S/C17H25N3O4/c1-5-24-17(23)14-6-8-15(9-7-14)18-16(22)12-20(13(2)21)11-10-19(3)4/h6-9H,5,10-12H2,1-4H3,(H,18,22). The van der Waals surface area contributed by atoms with Crippen LogP contribution in [0.2, 0.25) is 0 Å². The molecule has 0 atom stereocenters. The summed E-state index contributed by atoms with van der Waals surface area (Å²) in [6.45, 7) is 4.65. The van der Waals surface area contributed by atoms with Gasteiger partial charge >= 0.3 is 5.97 Å². The summed E-state index contributed by atoms with van der Waals surface area (Å²) >= 11 is 0. The minimum atomic E-state index is -0.401. The highest BCUT2D eigenvalue weighted by molar-refractivity contribution is 5.95. The summed E-state index contributed by atoms with van der Waals surface area (Å²) in [5.74, 6) is -0.834. The molecule has 0 radical (unpaired) electrons. The fourth-order valence-corrected chi connectivity index (χ4v) is 1.95. The van der Waals surface area contributed by atoms with Gasteiger partial charge < -0.3 is 19.9 Å². The van der Waals surface area contributed by atoms with Gasteiger partial charge in [0.1, 0.15) is 0 Å². The molecule has 0 saturated carbocycles. The Balaban J connectivity index is 2.59. The van der Waals surface area contributed by atoms with Gasteiger partial charge in [0.2, 0.25) is 11.8 Å². The van der Waals surface area contributed by atoms with Crippen LogP contribution >= 0.6 is 0 Å². The number of ether oxygens (including phenoxy) is 1. The number of likely N-dealkylation sites (N-methyl/N-ethyl adjacent to an activating group) is 1. The predicted octanol–water partition coefficient (Wildman–Crippen LogP) is 1.21. The van der Waals surface area contributed by atoms with Crippen LogP contribution in [0.5, 0.6) is 0 Å². The van der Waals surface area contributed by atoms with E-state index < -0.39 is 5.97 Å². The summed E-state index contributed by atoms with van der Waals surface area (Å²) in [5, 5.41) is 2.71. The third-order valence-electron chi connectivity index (χ3n) is 3.28. The largest absolute Gasteiger partial charge is 0.462 e. The number of hydrogen-bond acceptors (Lipinski definition) is 5. The van der Waals surface area contributed by atoms with Crippen LogP contribution in [-0.4, -0.2) is 67.9 Å². The van der Waals surface area contributed by atoms with Crippen molar-refractivity contribution in [1.82, 2.24) is 9.80 Å². The monoisotopic (exact) mass is 335 g/mol. The molecule has 0 spiro atoms. The number of carbonyl (C=O) groups excluding carboxylic acids is 3. The number of amides is 2. The molecule has 2 amide bonds. The smallest absolute Gasteiger partial charge is 0.338 e. The Morgan fingerprint density at radius 2 is 1.71 bits per heavy atom. The molecule has 0 bridgehead atoms. The molecule has 0 fully saturated rings. The number of benzene rings is 1. The summed E-state index contributed by atoms with van der Waals surface area (Å²) in [6.07, 6.45) is 0. The van der Waals surface area contributed by atoms with E-state index in [4.69, 9.17) is 4.74 Å². The van der Waals surface area contributed by atoms with E-state index in [1.165, 1.54) is 11.8 Å². The van der Waals surface area contributed by atoms with Crippen LogP contribution in [0.15, 0.2) is 24.3 Å². The average molecular weight is 335 g/mol. The second kappa shape index (κ2) is 9.67. The van der Waals surface area contributed by atoms with Gasteiger partial charge in [-0.25, -0.2) is 4.79 Å². The van der Waals surface area contributed by atoms with Crippen molar-refractivity contribution < 1.29 is 19.1 Å². The molecule has 24 heavy (non-hydrogen) atoms. The summed E-state index contributed by atoms with van der Waals surface area (Å²) in [4.78, 5) is 38.7. The van der Waals surface area contributed by atoms with Crippen LogP contribution in [-0.2, 0) is 14.3 Å².